The summed E-state index contributed by atoms with van der Waals surface area (Å²) in [5.74, 6) is 0.704. The molecule has 1 aromatic heterocycles. The van der Waals surface area contributed by atoms with Crippen LogP contribution in [0, 0.1) is 4.77 Å². The van der Waals surface area contributed by atoms with Gasteiger partial charge in [-0.1, -0.05) is 0 Å². The fourth-order valence-electron chi connectivity index (χ4n) is 0.713. The Labute approximate surface area is 82.4 Å². The SMILES string of the molecule is CNC(C)COc1cnc(=S)[nH]c1. The molecule has 0 bridgehead atoms. The number of nitrogens with one attached hydrogen (secondary N) is 2. The molecule has 0 spiro atoms. The summed E-state index contributed by atoms with van der Waals surface area (Å²) in [7, 11) is 1.89. The van der Waals surface area contributed by atoms with Gasteiger partial charge in [0.2, 0.25) is 0 Å². The average Bonchev–Trinajstić information content (AvgIpc) is 2.16. The molecule has 1 atom stereocenters. The van der Waals surface area contributed by atoms with Crippen LogP contribution in [0.2, 0.25) is 0 Å². The van der Waals surface area contributed by atoms with Crippen LogP contribution in [0.4, 0.5) is 0 Å². The van der Waals surface area contributed by atoms with E-state index in [0.717, 1.165) is 0 Å². The van der Waals surface area contributed by atoms with Crippen LogP contribution in [-0.2, 0) is 0 Å². The molecule has 0 fully saturated rings. The number of H-pyrrole nitrogens is 1. The Bertz CT molecular complexity index is 292. The van der Waals surface area contributed by atoms with E-state index in [1.165, 1.54) is 0 Å². The predicted molar refractivity (Wildman–Crippen MR) is 53.4 cm³/mol. The van der Waals surface area contributed by atoms with Crippen LogP contribution in [0.3, 0.4) is 0 Å². The lowest BCUT2D eigenvalue weighted by Crippen LogP contribution is -2.28. The number of aromatic amines is 1. The van der Waals surface area contributed by atoms with Gasteiger partial charge < -0.3 is 15.0 Å². The Morgan fingerprint density at radius 2 is 2.54 bits per heavy atom. The summed E-state index contributed by atoms with van der Waals surface area (Å²) in [4.78, 5) is 6.70. The van der Waals surface area contributed by atoms with Gasteiger partial charge in [-0.3, -0.25) is 0 Å². The molecular weight excluding hydrogens is 186 g/mol. The van der Waals surface area contributed by atoms with Crippen molar-refractivity contribution in [2.24, 2.45) is 0 Å². The second-order valence-electron chi connectivity index (χ2n) is 2.76. The molecule has 1 unspecified atom stereocenters. The second-order valence-corrected chi connectivity index (χ2v) is 3.14. The molecule has 72 valence electrons. The van der Waals surface area contributed by atoms with Crippen molar-refractivity contribution in [3.63, 3.8) is 0 Å². The summed E-state index contributed by atoms with van der Waals surface area (Å²) in [6.07, 6.45) is 3.32. The Hall–Kier alpha value is -0.940. The molecule has 1 heterocycles. The monoisotopic (exact) mass is 199 g/mol. The van der Waals surface area contributed by atoms with E-state index in [-0.39, 0.29) is 0 Å². The Kier molecular flexibility index (Phi) is 3.85. The quantitative estimate of drug-likeness (QED) is 0.714. The molecule has 1 rings (SSSR count). The van der Waals surface area contributed by atoms with Gasteiger partial charge in [0, 0.05) is 12.2 Å². The van der Waals surface area contributed by atoms with E-state index in [4.69, 9.17) is 17.0 Å². The molecule has 1 aromatic rings. The molecule has 0 aromatic carbocycles. The number of aromatic nitrogens is 2. The number of hydrogen-bond acceptors (Lipinski definition) is 4. The van der Waals surface area contributed by atoms with Crippen LogP contribution in [0.25, 0.3) is 0 Å². The zero-order chi connectivity index (χ0) is 9.68. The van der Waals surface area contributed by atoms with Crippen LogP contribution in [-0.4, -0.2) is 29.7 Å². The maximum atomic E-state index is 5.41. The maximum absolute atomic E-state index is 5.41. The fourth-order valence-corrected chi connectivity index (χ4v) is 0.825. The van der Waals surface area contributed by atoms with Gasteiger partial charge in [-0.25, -0.2) is 4.98 Å². The van der Waals surface area contributed by atoms with E-state index in [9.17, 15) is 0 Å². The molecule has 0 aliphatic rings. The normalized spacial score (nSPS) is 12.5. The summed E-state index contributed by atoms with van der Waals surface area (Å²) < 4.78 is 5.88. The van der Waals surface area contributed by atoms with Gasteiger partial charge in [0.1, 0.15) is 6.61 Å². The highest BCUT2D eigenvalue weighted by Gasteiger charge is 1.98. The van der Waals surface area contributed by atoms with Crippen molar-refractivity contribution in [2.75, 3.05) is 13.7 Å². The average molecular weight is 199 g/mol. The van der Waals surface area contributed by atoms with Crippen LogP contribution in [0.5, 0.6) is 5.75 Å². The first kappa shape index (κ1) is 10.1. The van der Waals surface area contributed by atoms with Crippen molar-refractivity contribution in [3.8, 4) is 5.75 Å². The maximum Gasteiger partial charge on any atom is 0.196 e. The number of ether oxygens (including phenoxy) is 1. The second kappa shape index (κ2) is 4.94. The van der Waals surface area contributed by atoms with Crippen LogP contribution in [0.15, 0.2) is 12.4 Å². The largest absolute Gasteiger partial charge is 0.489 e. The molecule has 0 aliphatic heterocycles. The van der Waals surface area contributed by atoms with Gasteiger partial charge in [0.05, 0.1) is 6.20 Å². The van der Waals surface area contributed by atoms with Crippen molar-refractivity contribution >= 4 is 12.2 Å². The van der Waals surface area contributed by atoms with Gasteiger partial charge in [0.25, 0.3) is 0 Å². The number of likely N-dealkylation sites (N-methyl/N-ethyl adjacent to an activating group) is 1. The van der Waals surface area contributed by atoms with Crippen molar-refractivity contribution < 1.29 is 4.74 Å². The van der Waals surface area contributed by atoms with Crippen LogP contribution < -0.4 is 10.1 Å². The van der Waals surface area contributed by atoms with Crippen LogP contribution >= 0.6 is 12.2 Å². The molecule has 2 N–H and O–H groups in total. The highest BCUT2D eigenvalue weighted by atomic mass is 32.1. The minimum absolute atomic E-state index is 0.322. The van der Waals surface area contributed by atoms with E-state index in [0.29, 0.717) is 23.2 Å². The lowest BCUT2D eigenvalue weighted by Gasteiger charge is -2.10. The Morgan fingerprint density at radius 1 is 1.77 bits per heavy atom. The molecular formula is C8H13N3OS. The minimum atomic E-state index is 0.322. The van der Waals surface area contributed by atoms with E-state index in [1.54, 1.807) is 12.4 Å². The lowest BCUT2D eigenvalue weighted by atomic mass is 10.4. The summed E-state index contributed by atoms with van der Waals surface area (Å²) in [5.41, 5.74) is 0. The first-order valence-corrected chi connectivity index (χ1v) is 4.48. The number of rotatable bonds is 4. The highest BCUT2D eigenvalue weighted by molar-refractivity contribution is 7.71. The third-order valence-electron chi connectivity index (χ3n) is 1.64. The van der Waals surface area contributed by atoms with E-state index in [2.05, 4.69) is 15.3 Å². The Balaban J connectivity index is 2.46. The first-order chi connectivity index (χ1) is 6.22. The van der Waals surface area contributed by atoms with Gasteiger partial charge in [-0.05, 0) is 26.2 Å². The highest BCUT2D eigenvalue weighted by Crippen LogP contribution is 2.04. The summed E-state index contributed by atoms with van der Waals surface area (Å²) in [6.45, 7) is 2.65. The van der Waals surface area contributed by atoms with Crippen molar-refractivity contribution in [2.45, 2.75) is 13.0 Å². The fraction of sp³-hybridized carbons (Fsp3) is 0.500. The van der Waals surface area contributed by atoms with E-state index < -0.39 is 0 Å². The van der Waals surface area contributed by atoms with Crippen molar-refractivity contribution in [3.05, 3.63) is 17.2 Å². The topological polar surface area (TPSA) is 49.9 Å². The number of nitrogens with zero attached hydrogens (tertiary/aromatic N) is 1. The van der Waals surface area contributed by atoms with Gasteiger partial charge in [0.15, 0.2) is 10.5 Å². The molecule has 13 heavy (non-hydrogen) atoms. The Morgan fingerprint density at radius 3 is 3.08 bits per heavy atom. The van der Waals surface area contributed by atoms with E-state index in [1.807, 2.05) is 14.0 Å². The third kappa shape index (κ3) is 3.52. The van der Waals surface area contributed by atoms with Crippen LogP contribution in [0.1, 0.15) is 6.92 Å². The molecule has 4 nitrogen and oxygen atoms in total. The van der Waals surface area contributed by atoms with Crippen molar-refractivity contribution in [1.29, 1.82) is 0 Å². The van der Waals surface area contributed by atoms with Crippen molar-refractivity contribution in [1.82, 2.24) is 15.3 Å². The van der Waals surface area contributed by atoms with Gasteiger partial charge >= 0.3 is 0 Å². The number of hydrogen-bond donors (Lipinski definition) is 2. The lowest BCUT2D eigenvalue weighted by molar-refractivity contribution is 0.278. The molecule has 5 heteroatoms. The summed E-state index contributed by atoms with van der Waals surface area (Å²) >= 11 is 4.80. The smallest absolute Gasteiger partial charge is 0.196 e. The van der Waals surface area contributed by atoms with Gasteiger partial charge in [-0.2, -0.15) is 0 Å². The first-order valence-electron chi connectivity index (χ1n) is 4.07. The predicted octanol–water partition coefficient (Wildman–Crippen LogP) is 1.13. The summed E-state index contributed by atoms with van der Waals surface area (Å²) in [6, 6.07) is 0.322. The summed E-state index contributed by atoms with van der Waals surface area (Å²) in [5, 5.41) is 3.07. The molecule has 0 saturated carbocycles. The molecule has 0 amide bonds. The third-order valence-corrected chi connectivity index (χ3v) is 1.86. The minimum Gasteiger partial charge on any atom is -0.489 e. The molecule has 0 radical (unpaired) electrons. The standard InChI is InChI=1S/C8H13N3OS/c1-6(9-2)5-12-7-3-10-8(13)11-4-7/h3-4,6,9H,5H2,1-2H3,(H,10,11,13). The molecule has 0 saturated heterocycles. The van der Waals surface area contributed by atoms with E-state index >= 15 is 0 Å². The zero-order valence-corrected chi connectivity index (χ0v) is 8.52. The molecule has 0 aliphatic carbocycles. The zero-order valence-electron chi connectivity index (χ0n) is 7.70. The van der Waals surface area contributed by atoms with Gasteiger partial charge in [-0.15, -0.1) is 0 Å².